The summed E-state index contributed by atoms with van der Waals surface area (Å²) in [6, 6.07) is 10.6. The van der Waals surface area contributed by atoms with Crippen LogP contribution in [0.25, 0.3) is 0 Å². The lowest BCUT2D eigenvalue weighted by Gasteiger charge is -2.24. The molecule has 1 N–H and O–H groups in total. The van der Waals surface area contributed by atoms with E-state index in [0.717, 1.165) is 6.07 Å². The van der Waals surface area contributed by atoms with Crippen LogP contribution in [0.15, 0.2) is 42.5 Å². The Kier molecular flexibility index (Phi) is 5.04. The van der Waals surface area contributed by atoms with E-state index >= 15 is 0 Å². The first-order valence-corrected chi connectivity index (χ1v) is 7.71. The summed E-state index contributed by atoms with van der Waals surface area (Å²) in [5.74, 6) is -1.16. The molecule has 6 nitrogen and oxygen atoms in total. The number of para-hydroxylation sites is 2. The largest absolute Gasteiger partial charge is 0.485 e. The molecule has 0 saturated carbocycles. The third kappa shape index (κ3) is 4.19. The number of anilines is 1. The van der Waals surface area contributed by atoms with Crippen molar-refractivity contribution >= 4 is 29.2 Å². The maximum Gasteiger partial charge on any atom is 0.351 e. The molecule has 0 bridgehead atoms. The van der Waals surface area contributed by atoms with E-state index in [1.807, 2.05) is 0 Å². The Hall–Kier alpha value is -2.80. The Morgan fingerprint density at radius 1 is 1.24 bits per heavy atom. The topological polar surface area (TPSA) is 73.9 Å². The van der Waals surface area contributed by atoms with Gasteiger partial charge in [0.2, 0.25) is 6.10 Å². The van der Waals surface area contributed by atoms with Crippen LogP contribution >= 0.6 is 11.6 Å². The third-order valence-electron chi connectivity index (χ3n) is 3.32. The summed E-state index contributed by atoms with van der Waals surface area (Å²) < 4.78 is 29.3. The number of carbonyl (C=O) groups excluding carboxylic acids is 2. The molecule has 1 aliphatic rings. The van der Waals surface area contributed by atoms with Crippen molar-refractivity contribution < 1.29 is 28.2 Å². The SMILES string of the molecule is O=C(COC(=O)[C@H]1COc2ccccc2O1)Nc1cc(Cl)ccc1F. The molecule has 1 amide bonds. The number of ether oxygens (including phenoxy) is 3. The third-order valence-corrected chi connectivity index (χ3v) is 3.55. The molecule has 130 valence electrons. The monoisotopic (exact) mass is 365 g/mol. The van der Waals surface area contributed by atoms with Gasteiger partial charge in [-0.25, -0.2) is 9.18 Å². The molecule has 8 heteroatoms. The van der Waals surface area contributed by atoms with E-state index in [-0.39, 0.29) is 17.3 Å². The number of fused-ring (bicyclic) bond motifs is 1. The Balaban J connectivity index is 1.52. The first-order valence-electron chi connectivity index (χ1n) is 7.33. The molecule has 1 heterocycles. The lowest BCUT2D eigenvalue weighted by atomic mass is 10.2. The van der Waals surface area contributed by atoms with Gasteiger partial charge < -0.3 is 19.5 Å². The Morgan fingerprint density at radius 2 is 2.00 bits per heavy atom. The smallest absolute Gasteiger partial charge is 0.351 e. The maximum atomic E-state index is 13.5. The van der Waals surface area contributed by atoms with E-state index in [0.29, 0.717) is 11.5 Å². The van der Waals surface area contributed by atoms with Gasteiger partial charge in [0.25, 0.3) is 5.91 Å². The molecule has 0 unspecified atom stereocenters. The lowest BCUT2D eigenvalue weighted by Crippen LogP contribution is -2.39. The van der Waals surface area contributed by atoms with Gasteiger partial charge in [0.1, 0.15) is 12.4 Å². The average Bonchev–Trinajstić information content (AvgIpc) is 2.62. The van der Waals surface area contributed by atoms with Gasteiger partial charge in [-0.3, -0.25) is 4.79 Å². The van der Waals surface area contributed by atoms with Crippen molar-refractivity contribution in [3.05, 3.63) is 53.3 Å². The fourth-order valence-corrected chi connectivity index (χ4v) is 2.32. The van der Waals surface area contributed by atoms with Crippen LogP contribution < -0.4 is 14.8 Å². The van der Waals surface area contributed by atoms with Crippen LogP contribution in [0.5, 0.6) is 11.5 Å². The molecule has 0 fully saturated rings. The maximum absolute atomic E-state index is 13.5. The summed E-state index contributed by atoms with van der Waals surface area (Å²) in [6.45, 7) is -0.618. The van der Waals surface area contributed by atoms with Crippen molar-refractivity contribution in [2.75, 3.05) is 18.5 Å². The number of amides is 1. The Morgan fingerprint density at radius 3 is 2.80 bits per heavy atom. The number of hydrogen-bond donors (Lipinski definition) is 1. The van der Waals surface area contributed by atoms with E-state index in [9.17, 15) is 14.0 Å². The van der Waals surface area contributed by atoms with Crippen molar-refractivity contribution in [2.24, 2.45) is 0 Å². The minimum atomic E-state index is -0.981. The van der Waals surface area contributed by atoms with E-state index in [1.54, 1.807) is 24.3 Å². The summed E-state index contributed by atoms with van der Waals surface area (Å²) in [6.07, 6.45) is -0.981. The van der Waals surface area contributed by atoms with Gasteiger partial charge in [-0.1, -0.05) is 23.7 Å². The van der Waals surface area contributed by atoms with E-state index < -0.39 is 30.4 Å². The minimum absolute atomic E-state index is 0.0274. The van der Waals surface area contributed by atoms with Crippen molar-refractivity contribution in [1.82, 2.24) is 0 Å². The summed E-state index contributed by atoms with van der Waals surface area (Å²) >= 11 is 5.74. The first-order chi connectivity index (χ1) is 12.0. The van der Waals surface area contributed by atoms with Crippen molar-refractivity contribution in [1.29, 1.82) is 0 Å². The number of rotatable bonds is 4. The average molecular weight is 366 g/mol. The number of halogens is 2. The first kappa shape index (κ1) is 17.0. The van der Waals surface area contributed by atoms with Crippen LogP contribution in [0.4, 0.5) is 10.1 Å². The number of esters is 1. The lowest BCUT2D eigenvalue weighted by molar-refractivity contribution is -0.156. The highest BCUT2D eigenvalue weighted by Gasteiger charge is 2.29. The fraction of sp³-hybridized carbons (Fsp3) is 0.176. The zero-order chi connectivity index (χ0) is 17.8. The van der Waals surface area contributed by atoms with Crippen molar-refractivity contribution in [2.45, 2.75) is 6.10 Å². The minimum Gasteiger partial charge on any atom is -0.485 e. The van der Waals surface area contributed by atoms with Crippen LogP contribution in [0.3, 0.4) is 0 Å². The standard InChI is InChI=1S/C17H13ClFNO5/c18-10-5-6-11(19)12(7-10)20-16(21)9-24-17(22)15-8-23-13-3-1-2-4-14(13)25-15/h1-7,15H,8-9H2,(H,20,21)/t15-/m1/s1. The molecule has 0 aliphatic carbocycles. The van der Waals surface area contributed by atoms with Gasteiger partial charge in [0.15, 0.2) is 18.1 Å². The highest BCUT2D eigenvalue weighted by Crippen LogP contribution is 2.31. The van der Waals surface area contributed by atoms with Crippen LogP contribution in [0.2, 0.25) is 5.02 Å². The molecule has 1 aliphatic heterocycles. The van der Waals surface area contributed by atoms with E-state index in [2.05, 4.69) is 5.32 Å². The second-order valence-corrected chi connectivity index (χ2v) is 5.58. The van der Waals surface area contributed by atoms with Gasteiger partial charge in [-0.2, -0.15) is 0 Å². The summed E-state index contributed by atoms with van der Waals surface area (Å²) in [5, 5.41) is 2.54. The van der Waals surface area contributed by atoms with E-state index in [1.165, 1.54) is 12.1 Å². The van der Waals surface area contributed by atoms with Gasteiger partial charge >= 0.3 is 5.97 Å². The summed E-state index contributed by atoms with van der Waals surface area (Å²) in [5.41, 5.74) is -0.0975. The summed E-state index contributed by atoms with van der Waals surface area (Å²) in [4.78, 5) is 23.8. The number of carbonyl (C=O) groups is 2. The molecular weight excluding hydrogens is 353 g/mol. The quantitative estimate of drug-likeness (QED) is 0.843. The molecule has 0 saturated heterocycles. The van der Waals surface area contributed by atoms with Gasteiger partial charge in [-0.15, -0.1) is 0 Å². The molecule has 3 rings (SSSR count). The molecule has 0 radical (unpaired) electrons. The van der Waals surface area contributed by atoms with Gasteiger partial charge in [0, 0.05) is 5.02 Å². The fourth-order valence-electron chi connectivity index (χ4n) is 2.14. The second-order valence-electron chi connectivity index (χ2n) is 5.14. The zero-order valence-corrected chi connectivity index (χ0v) is 13.6. The highest BCUT2D eigenvalue weighted by molar-refractivity contribution is 6.30. The van der Waals surface area contributed by atoms with Gasteiger partial charge in [-0.05, 0) is 30.3 Å². The molecule has 1 atom stereocenters. The summed E-state index contributed by atoms with van der Waals surface area (Å²) in [7, 11) is 0. The number of nitrogens with one attached hydrogen (secondary N) is 1. The highest BCUT2D eigenvalue weighted by atomic mass is 35.5. The molecular formula is C17H13ClFNO5. The van der Waals surface area contributed by atoms with Crippen LogP contribution in [0.1, 0.15) is 0 Å². The molecule has 25 heavy (non-hydrogen) atoms. The van der Waals surface area contributed by atoms with Crippen LogP contribution in [0, 0.1) is 5.82 Å². The Bertz CT molecular complexity index is 813. The predicted octanol–water partition coefficient (Wildman–Crippen LogP) is 2.80. The van der Waals surface area contributed by atoms with Crippen molar-refractivity contribution in [3.8, 4) is 11.5 Å². The normalized spacial score (nSPS) is 15.4. The van der Waals surface area contributed by atoms with Crippen molar-refractivity contribution in [3.63, 3.8) is 0 Å². The molecule has 2 aromatic rings. The zero-order valence-electron chi connectivity index (χ0n) is 12.8. The predicted molar refractivity (Wildman–Crippen MR) is 87.4 cm³/mol. The van der Waals surface area contributed by atoms with E-state index in [4.69, 9.17) is 25.8 Å². The van der Waals surface area contributed by atoms with Gasteiger partial charge in [0.05, 0.1) is 5.69 Å². The number of benzene rings is 2. The molecule has 2 aromatic carbocycles. The van der Waals surface area contributed by atoms with Crippen LogP contribution in [-0.2, 0) is 14.3 Å². The van der Waals surface area contributed by atoms with Crippen LogP contribution in [-0.4, -0.2) is 31.2 Å². The molecule has 0 aromatic heterocycles. The number of hydrogen-bond acceptors (Lipinski definition) is 5. The Labute approximate surface area is 147 Å². The second kappa shape index (κ2) is 7.40. The molecule has 0 spiro atoms.